The van der Waals surface area contributed by atoms with E-state index in [0.29, 0.717) is 30.0 Å². The first-order valence-electron chi connectivity index (χ1n) is 7.66. The number of aliphatic carboxylic acids is 1. The van der Waals surface area contributed by atoms with Crippen molar-refractivity contribution in [2.24, 2.45) is 17.6 Å². The Morgan fingerprint density at radius 1 is 1.33 bits per heavy atom. The summed E-state index contributed by atoms with van der Waals surface area (Å²) < 4.78 is 0. The molecule has 0 amide bonds. The topological polar surface area (TPSA) is 66.6 Å². The van der Waals surface area contributed by atoms with E-state index in [1.807, 2.05) is 18.2 Å². The van der Waals surface area contributed by atoms with Crippen molar-refractivity contribution in [3.8, 4) is 0 Å². The lowest BCUT2D eigenvalue weighted by Gasteiger charge is -2.44. The Morgan fingerprint density at radius 2 is 1.95 bits per heavy atom. The van der Waals surface area contributed by atoms with Crippen LogP contribution in [0.15, 0.2) is 30.3 Å². The van der Waals surface area contributed by atoms with Crippen molar-refractivity contribution in [3.05, 3.63) is 35.9 Å². The lowest BCUT2D eigenvalue weighted by atomic mass is 9.83. The minimum absolute atomic E-state index is 0.349. The molecule has 4 nitrogen and oxygen atoms in total. The molecule has 0 aliphatic carbocycles. The SMILES string of the molecule is CC1CC(C)C(C)N(CC(N)(C(=O)O)c2ccccc2)C1. The fourth-order valence-corrected chi connectivity index (χ4v) is 3.38. The monoisotopic (exact) mass is 290 g/mol. The Hall–Kier alpha value is -1.39. The molecule has 0 bridgehead atoms. The number of likely N-dealkylation sites (tertiary alicyclic amines) is 1. The average molecular weight is 290 g/mol. The van der Waals surface area contributed by atoms with E-state index in [1.54, 1.807) is 12.1 Å². The van der Waals surface area contributed by atoms with Gasteiger partial charge in [0.05, 0.1) is 0 Å². The van der Waals surface area contributed by atoms with Crippen LogP contribution in [0, 0.1) is 11.8 Å². The van der Waals surface area contributed by atoms with Gasteiger partial charge in [0.1, 0.15) is 0 Å². The number of carboxylic acid groups (broad SMARTS) is 1. The summed E-state index contributed by atoms with van der Waals surface area (Å²) >= 11 is 0. The third-order valence-corrected chi connectivity index (χ3v) is 4.84. The first-order valence-corrected chi connectivity index (χ1v) is 7.66. The van der Waals surface area contributed by atoms with Crippen molar-refractivity contribution in [2.45, 2.75) is 38.8 Å². The van der Waals surface area contributed by atoms with Gasteiger partial charge in [0.25, 0.3) is 0 Å². The average Bonchev–Trinajstić information content (AvgIpc) is 2.44. The van der Waals surface area contributed by atoms with Crippen molar-refractivity contribution < 1.29 is 9.90 Å². The first kappa shape index (κ1) is 16.0. The van der Waals surface area contributed by atoms with Crippen molar-refractivity contribution in [1.29, 1.82) is 0 Å². The Bertz CT molecular complexity index is 491. The zero-order valence-electron chi connectivity index (χ0n) is 13.1. The van der Waals surface area contributed by atoms with Gasteiger partial charge in [0.15, 0.2) is 5.54 Å². The van der Waals surface area contributed by atoms with Gasteiger partial charge < -0.3 is 10.8 Å². The zero-order valence-corrected chi connectivity index (χ0v) is 13.1. The quantitative estimate of drug-likeness (QED) is 0.893. The van der Waals surface area contributed by atoms with Gasteiger partial charge in [0.2, 0.25) is 0 Å². The molecule has 0 saturated carbocycles. The second kappa shape index (κ2) is 6.16. The van der Waals surface area contributed by atoms with E-state index < -0.39 is 11.5 Å². The van der Waals surface area contributed by atoms with Crippen molar-refractivity contribution in [2.75, 3.05) is 13.1 Å². The van der Waals surface area contributed by atoms with E-state index in [1.165, 1.54) is 6.42 Å². The molecule has 4 atom stereocenters. The van der Waals surface area contributed by atoms with Gasteiger partial charge in [-0.15, -0.1) is 0 Å². The molecule has 2 rings (SSSR count). The minimum Gasteiger partial charge on any atom is -0.480 e. The van der Waals surface area contributed by atoms with Gasteiger partial charge >= 0.3 is 5.97 Å². The van der Waals surface area contributed by atoms with Crippen molar-refractivity contribution in [3.63, 3.8) is 0 Å². The molecule has 0 spiro atoms. The predicted octanol–water partition coefficient (Wildman–Crippen LogP) is 2.29. The van der Waals surface area contributed by atoms with Crippen molar-refractivity contribution >= 4 is 5.97 Å². The second-order valence-electron chi connectivity index (χ2n) is 6.63. The summed E-state index contributed by atoms with van der Waals surface area (Å²) in [4.78, 5) is 14.0. The Kier molecular flexibility index (Phi) is 4.69. The molecule has 1 heterocycles. The third-order valence-electron chi connectivity index (χ3n) is 4.84. The molecule has 4 heteroatoms. The number of carbonyl (C=O) groups is 1. The molecule has 3 N–H and O–H groups in total. The number of rotatable bonds is 4. The van der Waals surface area contributed by atoms with E-state index in [0.717, 1.165) is 6.54 Å². The molecule has 116 valence electrons. The molecular formula is C17H26N2O2. The lowest BCUT2D eigenvalue weighted by Crippen LogP contribution is -2.58. The van der Waals surface area contributed by atoms with Crippen LogP contribution in [0.3, 0.4) is 0 Å². The van der Waals surface area contributed by atoms with Crippen LogP contribution in [-0.2, 0) is 10.3 Å². The summed E-state index contributed by atoms with van der Waals surface area (Å²) in [5.41, 5.74) is 5.61. The number of hydrogen-bond acceptors (Lipinski definition) is 3. The highest BCUT2D eigenvalue weighted by atomic mass is 16.4. The molecule has 1 saturated heterocycles. The maximum atomic E-state index is 11.8. The van der Waals surface area contributed by atoms with Crippen LogP contribution in [0.25, 0.3) is 0 Å². The molecule has 1 fully saturated rings. The molecule has 1 aromatic rings. The standard InChI is InChI=1S/C17H26N2O2/c1-12-9-13(2)14(3)19(10-12)11-17(18,16(20)21)15-7-5-4-6-8-15/h4-8,12-14H,9-11,18H2,1-3H3,(H,20,21). The van der Waals surface area contributed by atoms with E-state index in [9.17, 15) is 9.90 Å². The molecule has 1 aromatic carbocycles. The Balaban J connectivity index is 2.26. The minimum atomic E-state index is -1.35. The molecule has 0 aromatic heterocycles. The maximum Gasteiger partial charge on any atom is 0.329 e. The lowest BCUT2D eigenvalue weighted by molar-refractivity contribution is -0.145. The summed E-state index contributed by atoms with van der Waals surface area (Å²) in [5.74, 6) is 0.166. The second-order valence-corrected chi connectivity index (χ2v) is 6.63. The van der Waals surface area contributed by atoms with Crippen LogP contribution in [0.1, 0.15) is 32.8 Å². The van der Waals surface area contributed by atoms with Crippen molar-refractivity contribution in [1.82, 2.24) is 4.90 Å². The van der Waals surface area contributed by atoms with Crippen LogP contribution < -0.4 is 5.73 Å². The van der Waals surface area contributed by atoms with Gasteiger partial charge in [-0.1, -0.05) is 44.2 Å². The fraction of sp³-hybridized carbons (Fsp3) is 0.588. The van der Waals surface area contributed by atoms with E-state index in [2.05, 4.69) is 25.7 Å². The number of nitrogens with zero attached hydrogens (tertiary/aromatic N) is 1. The number of piperidine rings is 1. The summed E-state index contributed by atoms with van der Waals surface area (Å²) in [5, 5.41) is 9.68. The molecule has 0 radical (unpaired) electrons. The summed E-state index contributed by atoms with van der Waals surface area (Å²) in [6, 6.07) is 9.51. The molecule has 1 aliphatic heterocycles. The van der Waals surface area contributed by atoms with Gasteiger partial charge in [0, 0.05) is 19.1 Å². The van der Waals surface area contributed by atoms with Crippen LogP contribution in [0.5, 0.6) is 0 Å². The van der Waals surface area contributed by atoms with Gasteiger partial charge in [-0.05, 0) is 30.7 Å². The van der Waals surface area contributed by atoms with Crippen LogP contribution in [0.2, 0.25) is 0 Å². The summed E-state index contributed by atoms with van der Waals surface area (Å²) in [6.07, 6.45) is 1.19. The number of benzene rings is 1. The Labute approximate surface area is 126 Å². The third kappa shape index (κ3) is 3.27. The largest absolute Gasteiger partial charge is 0.480 e. The number of carboxylic acids is 1. The number of nitrogens with two attached hydrogens (primary N) is 1. The Morgan fingerprint density at radius 3 is 2.52 bits per heavy atom. The highest BCUT2D eigenvalue weighted by Gasteiger charge is 2.41. The summed E-state index contributed by atoms with van der Waals surface area (Å²) in [6.45, 7) is 7.88. The van der Waals surface area contributed by atoms with E-state index >= 15 is 0 Å². The van der Waals surface area contributed by atoms with Crippen LogP contribution in [-0.4, -0.2) is 35.1 Å². The number of hydrogen-bond donors (Lipinski definition) is 2. The van der Waals surface area contributed by atoms with Crippen LogP contribution >= 0.6 is 0 Å². The van der Waals surface area contributed by atoms with E-state index in [-0.39, 0.29) is 0 Å². The summed E-state index contributed by atoms with van der Waals surface area (Å²) in [7, 11) is 0. The molecular weight excluding hydrogens is 264 g/mol. The zero-order chi connectivity index (χ0) is 15.6. The highest BCUT2D eigenvalue weighted by molar-refractivity contribution is 5.80. The fourth-order valence-electron chi connectivity index (χ4n) is 3.38. The van der Waals surface area contributed by atoms with E-state index in [4.69, 9.17) is 5.73 Å². The normalized spacial score (nSPS) is 29.8. The predicted molar refractivity (Wildman–Crippen MR) is 83.9 cm³/mol. The first-order chi connectivity index (χ1) is 9.84. The van der Waals surface area contributed by atoms with Gasteiger partial charge in [-0.2, -0.15) is 0 Å². The molecule has 1 aliphatic rings. The van der Waals surface area contributed by atoms with Gasteiger partial charge in [-0.3, -0.25) is 4.90 Å². The molecule has 4 unspecified atom stereocenters. The highest BCUT2D eigenvalue weighted by Crippen LogP contribution is 2.30. The molecule has 21 heavy (non-hydrogen) atoms. The maximum absolute atomic E-state index is 11.8. The van der Waals surface area contributed by atoms with Gasteiger partial charge in [-0.25, -0.2) is 4.79 Å². The van der Waals surface area contributed by atoms with Crippen LogP contribution in [0.4, 0.5) is 0 Å². The smallest absolute Gasteiger partial charge is 0.329 e.